The number of hydrogen-bond acceptors (Lipinski definition) is 5. The quantitative estimate of drug-likeness (QED) is 0.247. The SMILES string of the molecule is C[C@@H](Oc1cc(-c2ccc3c(c2)CCC2(CCN(CC(F)(F)F)CC2)O3)cnc1N)c1c(Cl)ccc(F)c1Cl. The molecule has 0 aliphatic carbocycles. The molecule has 1 spiro atoms. The standard InChI is InChI=1S/C28H27Cl2F4N3O2/c1-16(24-20(29)3-4-21(31)25(24)30)38-23-13-19(14-36-26(23)35)17-2-5-22-18(12-17)6-7-27(39-22)8-10-37(11-9-27)15-28(32,33)34/h2-5,12-14,16H,6-11,15H2,1H3,(H2,35,36)/t16-/m1/s1. The lowest BCUT2D eigenvalue weighted by Crippen LogP contribution is -2.51. The smallest absolute Gasteiger partial charge is 0.401 e. The largest absolute Gasteiger partial charge is 0.487 e. The maximum Gasteiger partial charge on any atom is 0.401 e. The van der Waals surface area contributed by atoms with Gasteiger partial charge in [0.25, 0.3) is 0 Å². The summed E-state index contributed by atoms with van der Waals surface area (Å²) in [5.74, 6) is 0.610. The molecular formula is C28H27Cl2F4N3O2. The molecule has 0 bridgehead atoms. The molecule has 2 aliphatic rings. The number of ether oxygens (including phenoxy) is 2. The highest BCUT2D eigenvalue weighted by molar-refractivity contribution is 6.36. The molecule has 5 rings (SSSR count). The Bertz CT molecular complexity index is 1380. The van der Waals surface area contributed by atoms with Gasteiger partial charge in [0, 0.05) is 35.4 Å². The van der Waals surface area contributed by atoms with Crippen molar-refractivity contribution in [2.45, 2.75) is 50.5 Å². The third-order valence-corrected chi connectivity index (χ3v) is 8.13. The Kier molecular flexibility index (Phi) is 7.61. The third kappa shape index (κ3) is 6.05. The number of nitrogens with zero attached hydrogens (tertiary/aromatic N) is 2. The average Bonchev–Trinajstić information content (AvgIpc) is 2.88. The third-order valence-electron chi connectivity index (χ3n) is 7.41. The minimum Gasteiger partial charge on any atom is -0.487 e. The van der Waals surface area contributed by atoms with Crippen LogP contribution in [0.4, 0.5) is 23.4 Å². The molecule has 2 N–H and O–H groups in total. The van der Waals surface area contributed by atoms with E-state index in [4.69, 9.17) is 38.4 Å². The van der Waals surface area contributed by atoms with Crippen LogP contribution >= 0.6 is 23.2 Å². The second-order valence-electron chi connectivity index (χ2n) is 10.1. The number of hydrogen-bond donors (Lipinski definition) is 1. The van der Waals surface area contributed by atoms with Crippen LogP contribution in [0.1, 0.15) is 43.4 Å². The molecule has 0 radical (unpaired) electrons. The van der Waals surface area contributed by atoms with E-state index in [0.29, 0.717) is 37.2 Å². The summed E-state index contributed by atoms with van der Waals surface area (Å²) in [5.41, 5.74) is 8.60. The summed E-state index contributed by atoms with van der Waals surface area (Å²) in [6.45, 7) is 1.53. The van der Waals surface area contributed by atoms with Gasteiger partial charge in [-0.3, -0.25) is 4.90 Å². The van der Waals surface area contributed by atoms with Crippen LogP contribution in [-0.2, 0) is 6.42 Å². The lowest BCUT2D eigenvalue weighted by atomic mass is 9.82. The molecule has 0 unspecified atom stereocenters. The molecule has 3 heterocycles. The normalized spacial score (nSPS) is 17.9. The van der Waals surface area contributed by atoms with E-state index in [-0.39, 0.29) is 15.9 Å². The van der Waals surface area contributed by atoms with Crippen molar-refractivity contribution in [3.63, 3.8) is 0 Å². The Morgan fingerprint density at radius 3 is 2.56 bits per heavy atom. The average molecular weight is 584 g/mol. The van der Waals surface area contributed by atoms with E-state index in [1.54, 1.807) is 19.2 Å². The topological polar surface area (TPSA) is 60.6 Å². The second-order valence-corrected chi connectivity index (χ2v) is 10.9. The number of aryl methyl sites for hydroxylation is 1. The van der Waals surface area contributed by atoms with Gasteiger partial charge in [0.15, 0.2) is 11.6 Å². The predicted octanol–water partition coefficient (Wildman–Crippen LogP) is 7.64. The Morgan fingerprint density at radius 2 is 1.85 bits per heavy atom. The molecule has 208 valence electrons. The molecule has 39 heavy (non-hydrogen) atoms. The molecule has 2 aromatic carbocycles. The van der Waals surface area contributed by atoms with E-state index in [1.165, 1.54) is 17.0 Å². The van der Waals surface area contributed by atoms with Gasteiger partial charge in [0.1, 0.15) is 23.3 Å². The van der Waals surface area contributed by atoms with Crippen molar-refractivity contribution in [3.05, 3.63) is 69.6 Å². The van der Waals surface area contributed by atoms with Crippen LogP contribution in [-0.4, -0.2) is 41.3 Å². The summed E-state index contributed by atoms with van der Waals surface area (Å²) in [4.78, 5) is 5.72. The number of alkyl halides is 3. The Labute approximate surface area is 233 Å². The van der Waals surface area contributed by atoms with Crippen molar-refractivity contribution < 1.29 is 27.0 Å². The molecule has 0 saturated carbocycles. The zero-order valence-electron chi connectivity index (χ0n) is 21.1. The number of pyridine rings is 1. The van der Waals surface area contributed by atoms with E-state index in [1.807, 2.05) is 18.2 Å². The summed E-state index contributed by atoms with van der Waals surface area (Å²) >= 11 is 12.4. The van der Waals surface area contributed by atoms with E-state index < -0.39 is 30.2 Å². The number of aromatic nitrogens is 1. The van der Waals surface area contributed by atoms with Gasteiger partial charge >= 0.3 is 6.18 Å². The number of halogens is 6. The van der Waals surface area contributed by atoms with Crippen molar-refractivity contribution in [2.24, 2.45) is 0 Å². The van der Waals surface area contributed by atoms with Gasteiger partial charge in [0.2, 0.25) is 0 Å². The number of nitrogen functional groups attached to an aromatic ring is 1. The van der Waals surface area contributed by atoms with Crippen LogP contribution in [0.2, 0.25) is 10.0 Å². The first-order valence-corrected chi connectivity index (χ1v) is 13.4. The van der Waals surface area contributed by atoms with Crippen LogP contribution in [0.3, 0.4) is 0 Å². The van der Waals surface area contributed by atoms with Crippen LogP contribution in [0, 0.1) is 5.82 Å². The van der Waals surface area contributed by atoms with Gasteiger partial charge in [0.05, 0.1) is 11.6 Å². The number of piperidine rings is 1. The maximum atomic E-state index is 14.0. The maximum absolute atomic E-state index is 14.0. The van der Waals surface area contributed by atoms with Crippen LogP contribution in [0.15, 0.2) is 42.6 Å². The Hall–Kier alpha value is -2.75. The summed E-state index contributed by atoms with van der Waals surface area (Å²) in [6.07, 6.45) is -0.643. The fraction of sp³-hybridized carbons (Fsp3) is 0.393. The first-order chi connectivity index (χ1) is 18.4. The molecule has 1 fully saturated rings. The summed E-state index contributed by atoms with van der Waals surface area (Å²) in [5, 5.41) is 0.159. The number of likely N-dealkylation sites (tertiary alicyclic amines) is 1. The number of fused-ring (bicyclic) bond motifs is 1. The van der Waals surface area contributed by atoms with Crippen molar-refractivity contribution in [2.75, 3.05) is 25.4 Å². The molecule has 11 heteroatoms. The van der Waals surface area contributed by atoms with Crippen LogP contribution in [0.5, 0.6) is 11.5 Å². The van der Waals surface area contributed by atoms with Crippen molar-refractivity contribution in [1.29, 1.82) is 0 Å². The van der Waals surface area contributed by atoms with E-state index in [0.717, 1.165) is 35.3 Å². The molecule has 1 aromatic heterocycles. The highest BCUT2D eigenvalue weighted by atomic mass is 35.5. The Balaban J connectivity index is 1.31. The first kappa shape index (κ1) is 27.8. The van der Waals surface area contributed by atoms with Crippen molar-refractivity contribution in [1.82, 2.24) is 9.88 Å². The number of nitrogens with two attached hydrogens (primary N) is 1. The van der Waals surface area contributed by atoms with E-state index in [9.17, 15) is 17.6 Å². The van der Waals surface area contributed by atoms with Crippen LogP contribution < -0.4 is 15.2 Å². The fourth-order valence-corrected chi connectivity index (χ4v) is 5.98. The lowest BCUT2D eigenvalue weighted by Gasteiger charge is -2.44. The molecule has 3 aromatic rings. The molecule has 1 atom stereocenters. The van der Waals surface area contributed by atoms with Crippen molar-refractivity contribution in [3.8, 4) is 22.6 Å². The van der Waals surface area contributed by atoms with Gasteiger partial charge in [-0.05, 0) is 74.1 Å². The highest BCUT2D eigenvalue weighted by Crippen LogP contribution is 2.42. The number of benzene rings is 2. The minimum absolute atomic E-state index is 0.115. The number of rotatable bonds is 5. The van der Waals surface area contributed by atoms with Gasteiger partial charge in [-0.15, -0.1) is 0 Å². The molecule has 1 saturated heterocycles. The lowest BCUT2D eigenvalue weighted by molar-refractivity contribution is -0.153. The number of anilines is 1. The molecular weight excluding hydrogens is 557 g/mol. The molecule has 2 aliphatic heterocycles. The van der Waals surface area contributed by atoms with Gasteiger partial charge in [-0.2, -0.15) is 13.2 Å². The summed E-state index contributed by atoms with van der Waals surface area (Å²) in [6, 6.07) is 10.2. The Morgan fingerprint density at radius 1 is 1.10 bits per heavy atom. The van der Waals surface area contributed by atoms with Gasteiger partial charge in [-0.25, -0.2) is 9.37 Å². The van der Waals surface area contributed by atoms with Crippen molar-refractivity contribution >= 4 is 29.0 Å². The first-order valence-electron chi connectivity index (χ1n) is 12.6. The minimum atomic E-state index is -4.19. The van der Waals surface area contributed by atoms with Gasteiger partial charge < -0.3 is 15.2 Å². The fourth-order valence-electron chi connectivity index (χ4n) is 5.30. The second kappa shape index (κ2) is 10.7. The predicted molar refractivity (Wildman–Crippen MR) is 143 cm³/mol. The molecule has 5 nitrogen and oxygen atoms in total. The monoisotopic (exact) mass is 583 g/mol. The van der Waals surface area contributed by atoms with Gasteiger partial charge in [-0.1, -0.05) is 29.3 Å². The van der Waals surface area contributed by atoms with E-state index in [2.05, 4.69) is 4.98 Å². The summed E-state index contributed by atoms with van der Waals surface area (Å²) in [7, 11) is 0. The highest BCUT2D eigenvalue weighted by Gasteiger charge is 2.41. The zero-order chi connectivity index (χ0) is 27.9. The zero-order valence-corrected chi connectivity index (χ0v) is 22.6. The van der Waals surface area contributed by atoms with Crippen LogP contribution in [0.25, 0.3) is 11.1 Å². The van der Waals surface area contributed by atoms with E-state index >= 15 is 0 Å². The molecule has 0 amide bonds. The summed E-state index contributed by atoms with van der Waals surface area (Å²) < 4.78 is 64.7.